The van der Waals surface area contributed by atoms with Gasteiger partial charge in [0.25, 0.3) is 5.56 Å². The van der Waals surface area contributed by atoms with E-state index in [2.05, 4.69) is 20.3 Å². The fraction of sp³-hybridized carbons (Fsp3) is 0.542. The Balaban J connectivity index is 1.40. The second-order valence-electron chi connectivity index (χ2n) is 8.92. The van der Waals surface area contributed by atoms with Gasteiger partial charge < -0.3 is 15.2 Å². The molecule has 8 nitrogen and oxygen atoms in total. The molecule has 1 aliphatic heterocycles. The molecule has 32 heavy (non-hydrogen) atoms. The summed E-state index contributed by atoms with van der Waals surface area (Å²) < 4.78 is 0. The van der Waals surface area contributed by atoms with Crippen molar-refractivity contribution in [2.75, 3.05) is 13.1 Å². The third-order valence-corrected chi connectivity index (χ3v) is 6.58. The quantitative estimate of drug-likeness (QED) is 0.747. The van der Waals surface area contributed by atoms with Gasteiger partial charge in [0.1, 0.15) is 5.82 Å². The zero-order valence-corrected chi connectivity index (χ0v) is 18.6. The fourth-order valence-corrected chi connectivity index (χ4v) is 4.70. The van der Waals surface area contributed by atoms with Crippen LogP contribution in [0.3, 0.4) is 0 Å². The minimum Gasteiger partial charge on any atom is -0.353 e. The number of aryl methyl sites for hydroxylation is 1. The lowest BCUT2D eigenvalue weighted by molar-refractivity contribution is -0.135. The molecule has 2 N–H and O–H groups in total. The van der Waals surface area contributed by atoms with Gasteiger partial charge in [-0.05, 0) is 44.7 Å². The molecule has 0 radical (unpaired) electrons. The van der Waals surface area contributed by atoms with Crippen molar-refractivity contribution in [1.29, 1.82) is 0 Å². The molecule has 2 aliphatic rings. The van der Waals surface area contributed by atoms with E-state index in [0.717, 1.165) is 25.7 Å². The maximum atomic E-state index is 13.0. The van der Waals surface area contributed by atoms with Gasteiger partial charge in [-0.2, -0.15) is 0 Å². The molecule has 1 aliphatic carbocycles. The van der Waals surface area contributed by atoms with E-state index in [1.807, 2.05) is 6.07 Å². The minimum absolute atomic E-state index is 0.0154. The van der Waals surface area contributed by atoms with Gasteiger partial charge >= 0.3 is 0 Å². The summed E-state index contributed by atoms with van der Waals surface area (Å²) in [5.41, 5.74) is 1.31. The number of carbonyl (C=O) groups excluding carboxylic acids is 2. The number of carbonyl (C=O) groups is 2. The number of rotatable bonds is 5. The topological polar surface area (TPSA) is 108 Å². The molecule has 2 aromatic rings. The fourth-order valence-electron chi connectivity index (χ4n) is 4.70. The number of aromatic amines is 1. The van der Waals surface area contributed by atoms with Crippen molar-refractivity contribution in [2.24, 2.45) is 5.92 Å². The average molecular weight is 438 g/mol. The molecule has 0 spiro atoms. The number of hydrogen-bond donors (Lipinski definition) is 2. The van der Waals surface area contributed by atoms with Crippen LogP contribution >= 0.6 is 0 Å². The molecule has 170 valence electrons. The number of hydrogen-bond acceptors (Lipinski definition) is 5. The van der Waals surface area contributed by atoms with Gasteiger partial charge in [-0.1, -0.05) is 19.3 Å². The Labute approximate surface area is 187 Å². The van der Waals surface area contributed by atoms with E-state index in [1.54, 1.807) is 30.3 Å². The standard InChI is InChI=1S/C24H31N5O3/c1-16-20(24(32)28-22(26-16)17-7-5-11-25-14-17)13-21(30)29-12-6-8-18(15-29)23(31)27-19-9-3-2-4-10-19/h5,7,11,14,18-19H,2-4,6,8-10,12-13,15H2,1H3,(H,27,31)(H,26,28,32). The van der Waals surface area contributed by atoms with Crippen LogP contribution in [-0.4, -0.2) is 50.8 Å². The van der Waals surface area contributed by atoms with Crippen molar-refractivity contribution in [3.8, 4) is 11.4 Å². The van der Waals surface area contributed by atoms with Crippen LogP contribution in [0.15, 0.2) is 29.3 Å². The Hall–Kier alpha value is -3.03. The first-order chi connectivity index (χ1) is 15.5. The Morgan fingerprint density at radius 1 is 1.19 bits per heavy atom. The molecule has 0 bridgehead atoms. The van der Waals surface area contributed by atoms with E-state index < -0.39 is 0 Å². The number of aromatic nitrogens is 3. The van der Waals surface area contributed by atoms with Crippen molar-refractivity contribution >= 4 is 11.8 Å². The predicted octanol–water partition coefficient (Wildman–Crippen LogP) is 2.37. The molecule has 8 heteroatoms. The van der Waals surface area contributed by atoms with E-state index in [-0.39, 0.29) is 35.8 Å². The molecule has 2 fully saturated rings. The van der Waals surface area contributed by atoms with Crippen LogP contribution in [0.2, 0.25) is 0 Å². The van der Waals surface area contributed by atoms with E-state index in [9.17, 15) is 14.4 Å². The summed E-state index contributed by atoms with van der Waals surface area (Å²) in [7, 11) is 0. The van der Waals surface area contributed by atoms with E-state index >= 15 is 0 Å². The lowest BCUT2D eigenvalue weighted by Gasteiger charge is -2.33. The van der Waals surface area contributed by atoms with Gasteiger partial charge in [-0.3, -0.25) is 19.4 Å². The summed E-state index contributed by atoms with van der Waals surface area (Å²) in [5.74, 6) is 0.185. The summed E-state index contributed by atoms with van der Waals surface area (Å²) >= 11 is 0. The molecule has 1 atom stereocenters. The predicted molar refractivity (Wildman–Crippen MR) is 121 cm³/mol. The van der Waals surface area contributed by atoms with E-state index in [4.69, 9.17) is 0 Å². The monoisotopic (exact) mass is 437 g/mol. The highest BCUT2D eigenvalue weighted by atomic mass is 16.2. The van der Waals surface area contributed by atoms with Crippen molar-refractivity contribution in [2.45, 2.75) is 64.3 Å². The lowest BCUT2D eigenvalue weighted by Crippen LogP contribution is -2.48. The van der Waals surface area contributed by atoms with Gasteiger partial charge in [0, 0.05) is 48.3 Å². The normalized spacial score (nSPS) is 19.5. The summed E-state index contributed by atoms with van der Waals surface area (Å²) in [6.45, 7) is 2.77. The SMILES string of the molecule is Cc1nc(-c2cccnc2)[nH]c(=O)c1CC(=O)N1CCCC(C(=O)NC2CCCCC2)C1. The lowest BCUT2D eigenvalue weighted by atomic mass is 9.93. The number of amides is 2. The first kappa shape index (κ1) is 22.2. The summed E-state index contributed by atoms with van der Waals surface area (Å²) in [6.07, 6.45) is 10.5. The number of piperidine rings is 1. The molecule has 4 rings (SSSR count). The van der Waals surface area contributed by atoms with Crippen LogP contribution < -0.4 is 10.9 Å². The summed E-state index contributed by atoms with van der Waals surface area (Å²) in [5, 5.41) is 3.19. The number of pyridine rings is 1. The zero-order chi connectivity index (χ0) is 22.5. The molecule has 1 saturated heterocycles. The Bertz CT molecular complexity index is 1010. The molecule has 2 amide bonds. The van der Waals surface area contributed by atoms with Crippen LogP contribution in [-0.2, 0) is 16.0 Å². The highest BCUT2D eigenvalue weighted by Crippen LogP contribution is 2.21. The molecule has 0 aromatic carbocycles. The molecule has 1 saturated carbocycles. The van der Waals surface area contributed by atoms with Crippen LogP contribution in [0.5, 0.6) is 0 Å². The number of likely N-dealkylation sites (tertiary alicyclic amines) is 1. The molecule has 1 unspecified atom stereocenters. The van der Waals surface area contributed by atoms with Crippen molar-refractivity contribution in [3.05, 3.63) is 46.1 Å². The van der Waals surface area contributed by atoms with E-state index in [0.29, 0.717) is 35.7 Å². The van der Waals surface area contributed by atoms with E-state index in [1.165, 1.54) is 19.3 Å². The smallest absolute Gasteiger partial charge is 0.255 e. The summed E-state index contributed by atoms with van der Waals surface area (Å²) in [4.78, 5) is 51.5. The average Bonchev–Trinajstić information content (AvgIpc) is 2.82. The first-order valence-corrected chi connectivity index (χ1v) is 11.6. The highest BCUT2D eigenvalue weighted by Gasteiger charge is 2.30. The van der Waals surface area contributed by atoms with Crippen LogP contribution in [0, 0.1) is 12.8 Å². The Morgan fingerprint density at radius 3 is 2.72 bits per heavy atom. The van der Waals surface area contributed by atoms with Gasteiger partial charge in [-0.15, -0.1) is 0 Å². The molecule has 3 heterocycles. The molecular formula is C24H31N5O3. The highest BCUT2D eigenvalue weighted by molar-refractivity contribution is 5.82. The number of nitrogens with zero attached hydrogens (tertiary/aromatic N) is 3. The van der Waals surface area contributed by atoms with Crippen LogP contribution in [0.25, 0.3) is 11.4 Å². The van der Waals surface area contributed by atoms with Gasteiger partial charge in [-0.25, -0.2) is 4.98 Å². The third-order valence-electron chi connectivity index (χ3n) is 6.58. The van der Waals surface area contributed by atoms with Crippen LogP contribution in [0.1, 0.15) is 56.2 Å². The Kier molecular flexibility index (Phi) is 6.97. The molecule has 2 aromatic heterocycles. The van der Waals surface area contributed by atoms with Gasteiger partial charge in [0.05, 0.1) is 12.3 Å². The maximum absolute atomic E-state index is 13.0. The second kappa shape index (κ2) is 10.1. The second-order valence-corrected chi connectivity index (χ2v) is 8.92. The molecular weight excluding hydrogens is 406 g/mol. The summed E-state index contributed by atoms with van der Waals surface area (Å²) in [6, 6.07) is 3.87. The first-order valence-electron chi connectivity index (χ1n) is 11.6. The number of nitrogens with one attached hydrogen (secondary N) is 2. The van der Waals surface area contributed by atoms with Gasteiger partial charge in [0.2, 0.25) is 11.8 Å². The minimum atomic E-state index is -0.312. The maximum Gasteiger partial charge on any atom is 0.255 e. The van der Waals surface area contributed by atoms with Crippen molar-refractivity contribution in [1.82, 2.24) is 25.2 Å². The largest absolute Gasteiger partial charge is 0.353 e. The number of H-pyrrole nitrogens is 1. The van der Waals surface area contributed by atoms with Crippen molar-refractivity contribution in [3.63, 3.8) is 0 Å². The van der Waals surface area contributed by atoms with Crippen LogP contribution in [0.4, 0.5) is 0 Å². The third kappa shape index (κ3) is 5.23. The Morgan fingerprint density at radius 2 is 2.00 bits per heavy atom. The van der Waals surface area contributed by atoms with Gasteiger partial charge in [0.15, 0.2) is 0 Å². The van der Waals surface area contributed by atoms with Crippen molar-refractivity contribution < 1.29 is 9.59 Å². The zero-order valence-electron chi connectivity index (χ0n) is 18.6.